The second-order valence-electron chi connectivity index (χ2n) is 5.86. The third kappa shape index (κ3) is 4.81. The van der Waals surface area contributed by atoms with Crippen LogP contribution in [0.3, 0.4) is 0 Å². The van der Waals surface area contributed by atoms with Crippen molar-refractivity contribution < 1.29 is 28.2 Å². The number of amides is 1. The van der Waals surface area contributed by atoms with Crippen molar-refractivity contribution in [3.63, 3.8) is 0 Å². The van der Waals surface area contributed by atoms with Gasteiger partial charge in [-0.05, 0) is 45.0 Å². The van der Waals surface area contributed by atoms with Gasteiger partial charge in [0, 0.05) is 12.6 Å². The number of hydrogen-bond acceptors (Lipinski definition) is 6. The summed E-state index contributed by atoms with van der Waals surface area (Å²) < 4.78 is 21.4. The molecule has 7 nitrogen and oxygen atoms in total. The molecule has 2 rings (SSSR count). The number of furan rings is 1. The Morgan fingerprint density at radius 1 is 1.07 bits per heavy atom. The van der Waals surface area contributed by atoms with E-state index in [0.717, 1.165) is 0 Å². The van der Waals surface area contributed by atoms with Gasteiger partial charge in [0.15, 0.2) is 11.5 Å². The quantitative estimate of drug-likeness (QED) is 0.658. The fraction of sp³-hybridized carbons (Fsp3) is 0.400. The van der Waals surface area contributed by atoms with Gasteiger partial charge in [-0.2, -0.15) is 0 Å². The van der Waals surface area contributed by atoms with Gasteiger partial charge in [-0.15, -0.1) is 0 Å². The van der Waals surface area contributed by atoms with Crippen molar-refractivity contribution in [3.8, 4) is 11.5 Å². The van der Waals surface area contributed by atoms with Crippen molar-refractivity contribution in [2.75, 3.05) is 27.4 Å². The van der Waals surface area contributed by atoms with Crippen LogP contribution in [0.25, 0.3) is 0 Å². The normalized spacial score (nSPS) is 10.4. The van der Waals surface area contributed by atoms with Gasteiger partial charge in [0.05, 0.1) is 26.9 Å². The summed E-state index contributed by atoms with van der Waals surface area (Å²) in [4.78, 5) is 25.9. The molecule has 0 aliphatic carbocycles. The smallest absolute Gasteiger partial charge is 0.341 e. The van der Waals surface area contributed by atoms with E-state index >= 15 is 0 Å². The van der Waals surface area contributed by atoms with E-state index in [1.807, 2.05) is 13.8 Å². The number of benzene rings is 1. The predicted molar refractivity (Wildman–Crippen MR) is 99.4 cm³/mol. The topological polar surface area (TPSA) is 78.2 Å². The van der Waals surface area contributed by atoms with Gasteiger partial charge >= 0.3 is 5.97 Å². The van der Waals surface area contributed by atoms with Crippen LogP contribution >= 0.6 is 0 Å². The third-order valence-electron chi connectivity index (χ3n) is 3.90. The molecule has 1 amide bonds. The zero-order valence-electron chi connectivity index (χ0n) is 16.3. The van der Waals surface area contributed by atoms with Crippen LogP contribution in [0.5, 0.6) is 11.5 Å². The van der Waals surface area contributed by atoms with Gasteiger partial charge < -0.3 is 23.5 Å². The molecule has 0 saturated heterocycles. The van der Waals surface area contributed by atoms with Gasteiger partial charge in [-0.25, -0.2) is 4.79 Å². The number of rotatable bonds is 8. The summed E-state index contributed by atoms with van der Waals surface area (Å²) >= 11 is 0. The van der Waals surface area contributed by atoms with E-state index in [1.54, 1.807) is 38.2 Å². The Morgan fingerprint density at radius 2 is 1.74 bits per heavy atom. The molecule has 0 radical (unpaired) electrons. The van der Waals surface area contributed by atoms with Crippen LogP contribution < -0.4 is 9.47 Å². The van der Waals surface area contributed by atoms with Crippen LogP contribution in [0, 0.1) is 6.92 Å². The van der Waals surface area contributed by atoms with Crippen molar-refractivity contribution in [1.29, 1.82) is 0 Å². The number of aryl methyl sites for hydroxylation is 1. The number of nitrogens with zero attached hydrogens (tertiary/aromatic N) is 1. The van der Waals surface area contributed by atoms with E-state index in [-0.39, 0.29) is 12.5 Å². The first kappa shape index (κ1) is 20.4. The molecule has 0 bridgehead atoms. The Balaban J connectivity index is 2.17. The summed E-state index contributed by atoms with van der Waals surface area (Å²) in [6.07, 6.45) is 0. The first-order valence-corrected chi connectivity index (χ1v) is 8.73. The molecular weight excluding hydrogens is 350 g/mol. The molecule has 0 spiro atoms. The maximum absolute atomic E-state index is 12.8. The molecule has 7 heteroatoms. The van der Waals surface area contributed by atoms with Gasteiger partial charge in [0.25, 0.3) is 5.91 Å². The largest absolute Gasteiger partial charge is 0.490 e. The Labute approximate surface area is 158 Å². The molecule has 27 heavy (non-hydrogen) atoms. The summed E-state index contributed by atoms with van der Waals surface area (Å²) in [6, 6.07) is 6.68. The van der Waals surface area contributed by atoms with Crippen LogP contribution in [-0.4, -0.2) is 44.1 Å². The van der Waals surface area contributed by atoms with Gasteiger partial charge in [-0.3, -0.25) is 4.79 Å². The van der Waals surface area contributed by atoms with Gasteiger partial charge in [0.2, 0.25) is 0 Å². The highest BCUT2D eigenvalue weighted by Crippen LogP contribution is 2.29. The minimum absolute atomic E-state index is 0.201. The maximum Gasteiger partial charge on any atom is 0.341 e. The maximum atomic E-state index is 12.8. The van der Waals surface area contributed by atoms with E-state index in [9.17, 15) is 9.59 Å². The minimum Gasteiger partial charge on any atom is -0.490 e. The van der Waals surface area contributed by atoms with E-state index in [4.69, 9.17) is 18.6 Å². The van der Waals surface area contributed by atoms with Crippen LogP contribution in [0.1, 0.15) is 46.1 Å². The molecule has 0 aliphatic rings. The molecule has 1 aromatic carbocycles. The lowest BCUT2D eigenvalue weighted by atomic mass is 10.1. The number of methoxy groups -OCH3 is 1. The highest BCUT2D eigenvalue weighted by Gasteiger charge is 2.19. The number of ether oxygens (including phenoxy) is 3. The summed E-state index contributed by atoms with van der Waals surface area (Å²) in [5, 5.41) is 0. The third-order valence-corrected chi connectivity index (χ3v) is 3.90. The van der Waals surface area contributed by atoms with Crippen LogP contribution in [0.15, 0.2) is 28.7 Å². The van der Waals surface area contributed by atoms with E-state index in [2.05, 4.69) is 0 Å². The molecule has 0 atom stereocenters. The Kier molecular flexibility index (Phi) is 6.87. The monoisotopic (exact) mass is 375 g/mol. The van der Waals surface area contributed by atoms with Crippen molar-refractivity contribution in [2.45, 2.75) is 27.3 Å². The Bertz CT molecular complexity index is 811. The molecule has 1 heterocycles. The van der Waals surface area contributed by atoms with Crippen molar-refractivity contribution in [3.05, 3.63) is 46.9 Å². The van der Waals surface area contributed by atoms with Crippen LogP contribution in [-0.2, 0) is 11.3 Å². The number of carbonyl (C=O) groups is 2. The van der Waals surface area contributed by atoms with Crippen molar-refractivity contribution in [2.24, 2.45) is 0 Å². The SMILES string of the molecule is CCOc1ccc(C(=O)N(C)Cc2cc(C(=O)OC)c(C)o2)cc1OCC. The molecule has 146 valence electrons. The minimum atomic E-state index is -0.468. The molecule has 0 aliphatic heterocycles. The summed E-state index contributed by atoms with van der Waals surface area (Å²) in [7, 11) is 2.97. The molecule has 0 N–H and O–H groups in total. The lowest BCUT2D eigenvalue weighted by Crippen LogP contribution is -2.26. The molecule has 2 aromatic rings. The second kappa shape index (κ2) is 9.12. The van der Waals surface area contributed by atoms with E-state index in [1.165, 1.54) is 12.0 Å². The average Bonchev–Trinajstić information content (AvgIpc) is 3.02. The van der Waals surface area contributed by atoms with Gasteiger partial charge in [-0.1, -0.05) is 0 Å². The summed E-state index contributed by atoms with van der Waals surface area (Å²) in [5.74, 6) is 1.41. The number of esters is 1. The summed E-state index contributed by atoms with van der Waals surface area (Å²) in [6.45, 7) is 6.63. The fourth-order valence-electron chi connectivity index (χ4n) is 2.64. The molecule has 0 saturated carbocycles. The standard InChI is InChI=1S/C20H25NO6/c1-6-25-17-9-8-14(10-18(17)26-7-2)19(22)21(4)12-15-11-16(13(3)27-15)20(23)24-5/h8-11H,6-7,12H2,1-5H3. The second-order valence-corrected chi connectivity index (χ2v) is 5.86. The molecule has 0 fully saturated rings. The summed E-state index contributed by atoms with van der Waals surface area (Å²) in [5.41, 5.74) is 0.828. The molecule has 1 aromatic heterocycles. The lowest BCUT2D eigenvalue weighted by Gasteiger charge is -2.17. The van der Waals surface area contributed by atoms with E-state index < -0.39 is 5.97 Å². The highest BCUT2D eigenvalue weighted by atomic mass is 16.5. The van der Waals surface area contributed by atoms with Crippen LogP contribution in [0.2, 0.25) is 0 Å². The zero-order chi connectivity index (χ0) is 20.0. The highest BCUT2D eigenvalue weighted by molar-refractivity contribution is 5.95. The predicted octanol–water partition coefficient (Wildman–Crippen LogP) is 3.44. The Morgan fingerprint density at radius 3 is 2.37 bits per heavy atom. The zero-order valence-corrected chi connectivity index (χ0v) is 16.3. The first-order valence-electron chi connectivity index (χ1n) is 8.73. The lowest BCUT2D eigenvalue weighted by molar-refractivity contribution is 0.0598. The average molecular weight is 375 g/mol. The number of hydrogen-bond donors (Lipinski definition) is 0. The van der Waals surface area contributed by atoms with Crippen molar-refractivity contribution >= 4 is 11.9 Å². The first-order chi connectivity index (χ1) is 12.9. The molecule has 0 unspecified atom stereocenters. The Hall–Kier alpha value is -2.96. The van der Waals surface area contributed by atoms with Gasteiger partial charge in [0.1, 0.15) is 17.1 Å². The number of carbonyl (C=O) groups excluding carboxylic acids is 2. The van der Waals surface area contributed by atoms with E-state index in [0.29, 0.717) is 47.4 Å². The fourth-order valence-corrected chi connectivity index (χ4v) is 2.64. The molecular formula is C20H25NO6. The van der Waals surface area contributed by atoms with Crippen molar-refractivity contribution in [1.82, 2.24) is 4.90 Å². The van der Waals surface area contributed by atoms with Crippen LogP contribution in [0.4, 0.5) is 0 Å².